The van der Waals surface area contributed by atoms with Crippen LogP contribution >= 0.6 is 42.8 Å². The van der Waals surface area contributed by atoms with Crippen LogP contribution < -0.4 is 5.73 Å². The van der Waals surface area contributed by atoms with Gasteiger partial charge in [0.05, 0.1) is 12.2 Å². The van der Waals surface area contributed by atoms with Gasteiger partial charge in [0, 0.05) is 9.92 Å². The van der Waals surface area contributed by atoms with Crippen molar-refractivity contribution in [1.29, 1.82) is 0 Å². The van der Waals surface area contributed by atoms with Crippen LogP contribution in [0.25, 0.3) is 11.2 Å². The van der Waals surface area contributed by atoms with Gasteiger partial charge >= 0.3 is 7.15 Å². The largest absolute Gasteiger partial charge is 0.476 e. The first-order chi connectivity index (χ1) is 14.3. The van der Waals surface area contributed by atoms with Crippen LogP contribution in [0.15, 0.2) is 40.6 Å². The molecule has 0 aliphatic carbocycles. The maximum absolute atomic E-state index is 11.0. The molecule has 2 aliphatic rings. The molecule has 4 N–H and O–H groups in total. The molecule has 0 amide bonds. The van der Waals surface area contributed by atoms with Crippen molar-refractivity contribution in [2.75, 3.05) is 12.3 Å². The second kappa shape index (κ2) is 7.73. The third-order valence-electron chi connectivity index (χ3n) is 4.73. The molecule has 10 nitrogen and oxygen atoms in total. The number of nitrogens with zero attached hydrogens (tertiary/aromatic N) is 4. The molecular formula is C16H16ClN5O5PS2+. The zero-order valence-corrected chi connectivity index (χ0v) is 18.4. The van der Waals surface area contributed by atoms with Crippen LogP contribution in [0.1, 0.15) is 6.23 Å². The van der Waals surface area contributed by atoms with Gasteiger partial charge < -0.3 is 15.6 Å². The molecule has 0 saturated carbocycles. The van der Waals surface area contributed by atoms with Gasteiger partial charge in [-0.2, -0.15) is 13.9 Å². The molecule has 30 heavy (non-hydrogen) atoms. The molecule has 0 radical (unpaired) electrons. The number of anilines is 1. The maximum atomic E-state index is 11.0. The number of hydrogen-bond donors (Lipinski definition) is 4. The fraction of sp³-hybridized carbons (Fsp3) is 0.312. The lowest BCUT2D eigenvalue weighted by atomic mass is 10.1. The van der Waals surface area contributed by atoms with Crippen LogP contribution in [0.2, 0.25) is 5.02 Å². The highest BCUT2D eigenvalue weighted by atomic mass is 35.5. The van der Waals surface area contributed by atoms with Gasteiger partial charge in [-0.25, -0.2) is 15.0 Å². The number of rotatable bonds is 3. The van der Waals surface area contributed by atoms with Crippen molar-refractivity contribution < 1.29 is 23.8 Å². The van der Waals surface area contributed by atoms with Gasteiger partial charge in [-0.05, 0) is 24.3 Å². The van der Waals surface area contributed by atoms with E-state index in [0.29, 0.717) is 21.3 Å². The van der Waals surface area contributed by atoms with E-state index in [4.69, 9.17) is 31.1 Å². The van der Waals surface area contributed by atoms with Crippen molar-refractivity contribution in [3.8, 4) is 0 Å². The Hall–Kier alpha value is -1.21. The summed E-state index contributed by atoms with van der Waals surface area (Å²) in [5.74, 6) is 0.205. The van der Waals surface area contributed by atoms with Gasteiger partial charge in [-0.15, -0.1) is 0 Å². The number of nitrogen functional groups attached to an aromatic ring is 1. The standard InChI is InChI=1S/C16H16ClN5O5PS2/c17-7-1-3-8(4-2-7)30-16-21-10-13(18)19-6-20-14(10)22(16)15-11(23)12-9(26-15)5-25-28(24,29)27-12/h1-4,6,9,11-12,15,23-24,29H,5H2,(H2,18,19,20)/q+1/t9-,11+,12-,15+,28?/m0/s1. The number of imidazole rings is 1. The van der Waals surface area contributed by atoms with Gasteiger partial charge in [0.25, 0.3) is 0 Å². The van der Waals surface area contributed by atoms with E-state index in [1.165, 1.54) is 18.1 Å². The average Bonchev–Trinajstić information content (AvgIpc) is 3.21. The second-order valence-electron chi connectivity index (χ2n) is 6.66. The summed E-state index contributed by atoms with van der Waals surface area (Å²) in [5.41, 5.74) is 6.78. The van der Waals surface area contributed by atoms with Crippen molar-refractivity contribution in [1.82, 2.24) is 19.5 Å². The third kappa shape index (κ3) is 3.66. The fourth-order valence-electron chi connectivity index (χ4n) is 3.37. The zero-order valence-electron chi connectivity index (χ0n) is 15.1. The Morgan fingerprint density at radius 1 is 1.30 bits per heavy atom. The monoisotopic (exact) mass is 488 g/mol. The highest BCUT2D eigenvalue weighted by Crippen LogP contribution is 2.66. The van der Waals surface area contributed by atoms with E-state index in [9.17, 15) is 10.00 Å². The number of halogens is 1. The lowest BCUT2D eigenvalue weighted by Crippen LogP contribution is -2.39. The average molecular weight is 489 g/mol. The normalized spacial score (nSPS) is 31.2. The lowest BCUT2D eigenvalue weighted by molar-refractivity contribution is -0.0625. The SMILES string of the molecule is Nc1ncnc2c1nc(Sc1ccc(Cl)cc1)n2[C@@H]1O[C@H]2CO[P+](O)(S)O[C@@H]2[C@H]1O. The van der Waals surface area contributed by atoms with Gasteiger partial charge in [-0.1, -0.05) is 23.4 Å². The summed E-state index contributed by atoms with van der Waals surface area (Å²) in [6, 6.07) is 7.23. The Morgan fingerprint density at radius 3 is 2.83 bits per heavy atom. The number of benzene rings is 1. The molecule has 2 aromatic heterocycles. The van der Waals surface area contributed by atoms with E-state index in [1.807, 2.05) is 12.1 Å². The molecule has 1 aromatic carbocycles. The van der Waals surface area contributed by atoms with Crippen molar-refractivity contribution in [2.45, 2.75) is 34.6 Å². The summed E-state index contributed by atoms with van der Waals surface area (Å²) < 4.78 is 18.4. The van der Waals surface area contributed by atoms with Crippen LogP contribution in [0.4, 0.5) is 5.82 Å². The first-order valence-electron chi connectivity index (χ1n) is 8.75. The molecule has 2 saturated heterocycles. The Morgan fingerprint density at radius 2 is 2.07 bits per heavy atom. The van der Waals surface area contributed by atoms with Crippen LogP contribution in [-0.4, -0.2) is 54.4 Å². The molecular weight excluding hydrogens is 473 g/mol. The smallest absolute Gasteiger partial charge is 0.385 e. The number of thiol groups is 1. The first-order valence-corrected chi connectivity index (χ1v) is 12.7. The number of aromatic nitrogens is 4. The van der Waals surface area contributed by atoms with Crippen molar-refractivity contribution >= 4 is 59.7 Å². The van der Waals surface area contributed by atoms with Gasteiger partial charge in [0.15, 0.2) is 34.5 Å². The summed E-state index contributed by atoms with van der Waals surface area (Å²) in [5, 5.41) is 12.1. The Bertz CT molecular complexity index is 1100. The molecule has 5 rings (SSSR count). The summed E-state index contributed by atoms with van der Waals surface area (Å²) in [4.78, 5) is 23.8. The Balaban J connectivity index is 1.57. The van der Waals surface area contributed by atoms with E-state index in [1.54, 1.807) is 16.7 Å². The summed E-state index contributed by atoms with van der Waals surface area (Å²) in [6.45, 7) is 0.0371. The minimum atomic E-state index is -3.31. The quantitative estimate of drug-likeness (QED) is 0.321. The Kier molecular flexibility index (Phi) is 5.33. The van der Waals surface area contributed by atoms with Crippen LogP contribution in [0, 0.1) is 0 Å². The summed E-state index contributed by atoms with van der Waals surface area (Å²) in [6.07, 6.45) is -2.12. The molecule has 2 aliphatic heterocycles. The number of fused-ring (bicyclic) bond motifs is 2. The molecule has 2 fully saturated rings. The predicted molar refractivity (Wildman–Crippen MR) is 114 cm³/mol. The number of aliphatic hydroxyl groups is 1. The van der Waals surface area contributed by atoms with E-state index in [-0.39, 0.29) is 12.4 Å². The first kappa shape index (κ1) is 20.7. The van der Waals surface area contributed by atoms with Crippen LogP contribution in [-0.2, 0) is 13.8 Å². The predicted octanol–water partition coefficient (Wildman–Crippen LogP) is 2.49. The fourth-order valence-corrected chi connectivity index (χ4v) is 5.91. The topological polar surface area (TPSA) is 138 Å². The number of aliphatic hydroxyl groups excluding tert-OH is 1. The molecule has 3 aromatic rings. The van der Waals surface area contributed by atoms with E-state index in [0.717, 1.165) is 4.90 Å². The zero-order chi connectivity index (χ0) is 21.0. The molecule has 0 bridgehead atoms. The van der Waals surface area contributed by atoms with E-state index >= 15 is 0 Å². The Labute approximate surface area is 185 Å². The van der Waals surface area contributed by atoms with Crippen molar-refractivity contribution in [3.63, 3.8) is 0 Å². The minimum absolute atomic E-state index is 0.0371. The maximum Gasteiger partial charge on any atom is 0.476 e. The van der Waals surface area contributed by atoms with Crippen LogP contribution in [0.5, 0.6) is 0 Å². The lowest BCUT2D eigenvalue weighted by Gasteiger charge is -2.25. The van der Waals surface area contributed by atoms with Crippen molar-refractivity contribution in [3.05, 3.63) is 35.6 Å². The van der Waals surface area contributed by atoms with Crippen LogP contribution in [0.3, 0.4) is 0 Å². The number of hydrogen-bond acceptors (Lipinski definition) is 11. The van der Waals surface area contributed by atoms with E-state index in [2.05, 4.69) is 27.2 Å². The van der Waals surface area contributed by atoms with Gasteiger partial charge in [-0.3, -0.25) is 4.57 Å². The van der Waals surface area contributed by atoms with E-state index < -0.39 is 31.7 Å². The second-order valence-corrected chi connectivity index (χ2v) is 11.1. The molecule has 5 atom stereocenters. The highest BCUT2D eigenvalue weighted by Gasteiger charge is 2.58. The van der Waals surface area contributed by atoms with Gasteiger partial charge in [0.2, 0.25) is 0 Å². The van der Waals surface area contributed by atoms with Gasteiger partial charge in [0.1, 0.15) is 25.1 Å². The highest BCUT2D eigenvalue weighted by molar-refractivity contribution is 8.47. The summed E-state index contributed by atoms with van der Waals surface area (Å²) in [7, 11) is -3.31. The number of ether oxygens (including phenoxy) is 1. The third-order valence-corrected chi connectivity index (χ3v) is 7.59. The molecule has 158 valence electrons. The number of nitrogens with two attached hydrogens (primary N) is 1. The minimum Gasteiger partial charge on any atom is -0.385 e. The molecule has 1 unspecified atom stereocenters. The van der Waals surface area contributed by atoms with Crippen molar-refractivity contribution in [2.24, 2.45) is 0 Å². The summed E-state index contributed by atoms with van der Waals surface area (Å²) >= 11 is 11.3. The molecule has 4 heterocycles. The molecule has 0 spiro atoms. The molecule has 14 heteroatoms.